The Morgan fingerprint density at radius 3 is 2.45 bits per heavy atom. The molecule has 1 N–H and O–H groups in total. The van der Waals surface area contributed by atoms with Crippen molar-refractivity contribution in [1.82, 2.24) is 14.8 Å². The number of nitrogens with zero attached hydrogens (tertiary/aromatic N) is 3. The van der Waals surface area contributed by atoms with Crippen LogP contribution in [0.2, 0.25) is 5.02 Å². The molecule has 2 aliphatic heterocycles. The van der Waals surface area contributed by atoms with Gasteiger partial charge in [-0.05, 0) is 92.1 Å². The zero-order valence-electron chi connectivity index (χ0n) is 20.7. The van der Waals surface area contributed by atoms with E-state index in [1.165, 1.54) is 25.3 Å². The van der Waals surface area contributed by atoms with E-state index < -0.39 is 17.7 Å². The Hall–Kier alpha value is -2.20. The summed E-state index contributed by atoms with van der Waals surface area (Å²) in [5, 5.41) is 11.0. The van der Waals surface area contributed by atoms with E-state index in [0.29, 0.717) is 32.0 Å². The number of alkyl halides is 3. The molecule has 2 aromatic carbocycles. The zero-order valence-corrected chi connectivity index (χ0v) is 23.0. The lowest BCUT2D eigenvalue weighted by Gasteiger charge is -2.40. The number of fused-ring (bicyclic) bond motifs is 1. The van der Waals surface area contributed by atoms with Crippen molar-refractivity contribution in [3.63, 3.8) is 0 Å². The molecule has 3 aromatic rings. The molecule has 1 aromatic heterocycles. The average molecular weight is 611 g/mol. The van der Waals surface area contributed by atoms with Crippen LogP contribution in [-0.2, 0) is 12.7 Å². The lowest BCUT2D eigenvalue weighted by Crippen LogP contribution is -2.46. The predicted octanol–water partition coefficient (Wildman–Crippen LogP) is 7.49. The number of aromatic nitrogens is 1. The van der Waals surface area contributed by atoms with Crippen LogP contribution in [0.4, 0.5) is 13.2 Å². The highest BCUT2D eigenvalue weighted by Crippen LogP contribution is 2.38. The minimum absolute atomic E-state index is 0.0174. The summed E-state index contributed by atoms with van der Waals surface area (Å²) in [5.41, 5.74) is 0.411. The van der Waals surface area contributed by atoms with Gasteiger partial charge in [0.2, 0.25) is 0 Å². The summed E-state index contributed by atoms with van der Waals surface area (Å²) < 4.78 is 41.2. The van der Waals surface area contributed by atoms with Crippen molar-refractivity contribution in [2.45, 2.75) is 50.9 Å². The summed E-state index contributed by atoms with van der Waals surface area (Å²) >= 11 is 9.69. The quantitative estimate of drug-likeness (QED) is 0.325. The Labute approximate surface area is 232 Å². The number of benzene rings is 2. The summed E-state index contributed by atoms with van der Waals surface area (Å²) in [6, 6.07) is 8.58. The van der Waals surface area contributed by atoms with Gasteiger partial charge < -0.3 is 10.0 Å². The molecule has 2 saturated heterocycles. The van der Waals surface area contributed by atoms with Gasteiger partial charge in [-0.25, -0.2) is 9.78 Å². The molecule has 10 heteroatoms. The fourth-order valence-corrected chi connectivity index (χ4v) is 6.66. The summed E-state index contributed by atoms with van der Waals surface area (Å²) in [6.07, 6.45) is 1.14. The van der Waals surface area contributed by atoms with Crippen molar-refractivity contribution in [3.8, 4) is 11.3 Å². The molecule has 0 unspecified atom stereocenters. The number of carboxylic acid groups (broad SMARTS) is 1. The molecule has 0 radical (unpaired) electrons. The molecular formula is C28H28BrClF3N3O2. The third-order valence-corrected chi connectivity index (χ3v) is 8.45. The van der Waals surface area contributed by atoms with Crippen LogP contribution in [0.3, 0.4) is 0 Å². The molecule has 0 saturated carbocycles. The van der Waals surface area contributed by atoms with Crippen LogP contribution in [0, 0.1) is 0 Å². The van der Waals surface area contributed by atoms with Gasteiger partial charge >= 0.3 is 12.1 Å². The molecule has 202 valence electrons. The number of pyridine rings is 1. The fourth-order valence-electron chi connectivity index (χ4n) is 5.76. The molecule has 0 aliphatic carbocycles. The van der Waals surface area contributed by atoms with E-state index in [9.17, 15) is 23.1 Å². The molecule has 0 amide bonds. The topological polar surface area (TPSA) is 56.7 Å². The van der Waals surface area contributed by atoms with E-state index in [4.69, 9.17) is 16.6 Å². The van der Waals surface area contributed by atoms with Crippen molar-refractivity contribution in [1.29, 1.82) is 0 Å². The largest absolute Gasteiger partial charge is 0.478 e. The second-order valence-electron chi connectivity index (χ2n) is 10.1. The second-order valence-corrected chi connectivity index (χ2v) is 11.4. The second kappa shape index (κ2) is 11.1. The summed E-state index contributed by atoms with van der Waals surface area (Å²) in [7, 11) is 0. The van der Waals surface area contributed by atoms with E-state index in [0.717, 1.165) is 51.2 Å². The van der Waals surface area contributed by atoms with Crippen LogP contribution < -0.4 is 0 Å². The van der Waals surface area contributed by atoms with E-state index in [-0.39, 0.29) is 23.4 Å². The first kappa shape index (κ1) is 27.4. The number of likely N-dealkylation sites (tertiary alicyclic amines) is 2. The molecular weight excluding hydrogens is 583 g/mol. The first-order valence-corrected chi connectivity index (χ1v) is 14.0. The minimum Gasteiger partial charge on any atom is -0.478 e. The summed E-state index contributed by atoms with van der Waals surface area (Å²) in [6.45, 7) is 4.07. The van der Waals surface area contributed by atoms with E-state index >= 15 is 0 Å². The number of piperidine rings is 2. The van der Waals surface area contributed by atoms with E-state index in [1.807, 2.05) is 0 Å². The third-order valence-electron chi connectivity index (χ3n) is 7.63. The van der Waals surface area contributed by atoms with Gasteiger partial charge in [-0.2, -0.15) is 13.2 Å². The van der Waals surface area contributed by atoms with Crippen LogP contribution in [0.5, 0.6) is 0 Å². The molecule has 5 nitrogen and oxygen atoms in total. The van der Waals surface area contributed by atoms with Crippen molar-refractivity contribution >= 4 is 44.4 Å². The van der Waals surface area contributed by atoms with Gasteiger partial charge in [0.15, 0.2) is 0 Å². The molecule has 2 aliphatic rings. The maximum Gasteiger partial charge on any atom is 0.416 e. The first-order valence-electron chi connectivity index (χ1n) is 12.8. The van der Waals surface area contributed by atoms with Crippen LogP contribution in [0.1, 0.15) is 53.6 Å². The fraction of sp³-hybridized carbons (Fsp3) is 0.429. The molecule has 2 fully saturated rings. The van der Waals surface area contributed by atoms with Gasteiger partial charge in [0.25, 0.3) is 0 Å². The molecule has 5 rings (SSSR count). The summed E-state index contributed by atoms with van der Waals surface area (Å²) in [4.78, 5) is 22.2. The van der Waals surface area contributed by atoms with E-state index in [1.54, 1.807) is 18.2 Å². The highest BCUT2D eigenvalue weighted by atomic mass is 79.9. The maximum atomic E-state index is 13.6. The normalized spacial score (nSPS) is 18.2. The number of hydrogen-bond donors (Lipinski definition) is 1. The number of hydrogen-bond acceptors (Lipinski definition) is 4. The number of rotatable bonds is 5. The van der Waals surface area contributed by atoms with Crippen molar-refractivity contribution < 1.29 is 23.1 Å². The molecule has 38 heavy (non-hydrogen) atoms. The highest BCUT2D eigenvalue weighted by molar-refractivity contribution is 9.10. The minimum atomic E-state index is -4.53. The smallest absolute Gasteiger partial charge is 0.416 e. The molecule has 0 bridgehead atoms. The van der Waals surface area contributed by atoms with Crippen LogP contribution >= 0.6 is 27.5 Å². The molecule has 3 heterocycles. The monoisotopic (exact) mass is 609 g/mol. The first-order chi connectivity index (χ1) is 18.1. The van der Waals surface area contributed by atoms with Gasteiger partial charge in [0.1, 0.15) is 0 Å². The van der Waals surface area contributed by atoms with Crippen LogP contribution in [0.25, 0.3) is 22.2 Å². The molecule has 0 spiro atoms. The standard InChI is InChI=1S/C28H28BrClF3N3O2/c29-23-15-19(30)14-21-24(27(37)38)22(16-35-11-7-20(8-12-35)36-9-2-1-3-10-36)25(34-26(21)23)17-5-4-6-18(13-17)28(31,32)33/h4-6,13-15,20H,1-3,7-12,16H2,(H,37,38). The van der Waals surface area contributed by atoms with Crippen molar-refractivity contribution in [2.24, 2.45) is 0 Å². The Kier molecular flexibility index (Phi) is 8.01. The number of carbonyl (C=O) groups is 1. The Balaban J connectivity index is 1.58. The Morgan fingerprint density at radius 2 is 1.79 bits per heavy atom. The lowest BCUT2D eigenvalue weighted by atomic mass is 9.94. The summed E-state index contributed by atoms with van der Waals surface area (Å²) in [5.74, 6) is -1.17. The number of aromatic carboxylic acids is 1. The van der Waals surface area contributed by atoms with Gasteiger partial charge in [-0.15, -0.1) is 0 Å². The lowest BCUT2D eigenvalue weighted by molar-refractivity contribution is -0.137. The van der Waals surface area contributed by atoms with Gasteiger partial charge in [-0.3, -0.25) is 4.90 Å². The van der Waals surface area contributed by atoms with Gasteiger partial charge in [-0.1, -0.05) is 30.2 Å². The number of halogens is 5. The maximum absolute atomic E-state index is 13.6. The average Bonchev–Trinajstić information content (AvgIpc) is 2.88. The SMILES string of the molecule is O=C(O)c1c(CN2CCC(N3CCCCC3)CC2)c(-c2cccc(C(F)(F)F)c2)nc2c(Br)cc(Cl)cc12. The van der Waals surface area contributed by atoms with Gasteiger partial charge in [0.05, 0.1) is 22.3 Å². The van der Waals surface area contributed by atoms with Gasteiger partial charge in [0, 0.05) is 38.6 Å². The Morgan fingerprint density at radius 1 is 1.08 bits per heavy atom. The third kappa shape index (κ3) is 5.71. The predicted molar refractivity (Wildman–Crippen MR) is 146 cm³/mol. The Bertz CT molecular complexity index is 1350. The van der Waals surface area contributed by atoms with Crippen LogP contribution in [-0.4, -0.2) is 58.1 Å². The zero-order chi connectivity index (χ0) is 27.0. The van der Waals surface area contributed by atoms with Crippen molar-refractivity contribution in [2.75, 3.05) is 26.2 Å². The highest BCUT2D eigenvalue weighted by Gasteiger charge is 2.32. The van der Waals surface area contributed by atoms with E-state index in [2.05, 4.69) is 25.7 Å². The number of carboxylic acids is 1. The molecule has 0 atom stereocenters. The van der Waals surface area contributed by atoms with Crippen LogP contribution in [0.15, 0.2) is 40.9 Å². The van der Waals surface area contributed by atoms with Crippen molar-refractivity contribution in [3.05, 3.63) is 62.6 Å².